The van der Waals surface area contributed by atoms with E-state index in [1.54, 1.807) is 6.07 Å². The summed E-state index contributed by atoms with van der Waals surface area (Å²) in [6.07, 6.45) is 1.76. The Bertz CT molecular complexity index is 1050. The van der Waals surface area contributed by atoms with Crippen molar-refractivity contribution < 1.29 is 19.0 Å². The number of carbonyl (C=O) groups is 1. The van der Waals surface area contributed by atoms with Crippen molar-refractivity contribution >= 4 is 11.6 Å². The molecule has 0 fully saturated rings. The van der Waals surface area contributed by atoms with Crippen LogP contribution < -0.4 is 14.8 Å². The molecule has 1 aromatic heterocycles. The van der Waals surface area contributed by atoms with E-state index in [1.165, 1.54) is 0 Å². The van der Waals surface area contributed by atoms with Gasteiger partial charge >= 0.3 is 0 Å². The standard InChI is InChI=1S/C27H32N2O4/c1-5-16-32-23-11-13-24(14-12-23)33-25-9-7-8-21(18-25)29-27(30)26-15-10-22(28-20(26)4)17-19(3)31-6-2/h7-15,18-19H,5-6,16-17H2,1-4H3,(H,29,30). The van der Waals surface area contributed by atoms with Crippen LogP contribution in [0, 0.1) is 6.92 Å². The van der Waals surface area contributed by atoms with Crippen molar-refractivity contribution in [2.75, 3.05) is 18.5 Å². The highest BCUT2D eigenvalue weighted by atomic mass is 16.5. The number of pyridine rings is 1. The van der Waals surface area contributed by atoms with Gasteiger partial charge in [-0.05, 0) is 75.7 Å². The van der Waals surface area contributed by atoms with Crippen LogP contribution in [0.15, 0.2) is 60.7 Å². The lowest BCUT2D eigenvalue weighted by Crippen LogP contribution is -2.16. The normalized spacial score (nSPS) is 11.6. The van der Waals surface area contributed by atoms with Crippen LogP contribution in [0.5, 0.6) is 17.2 Å². The summed E-state index contributed by atoms with van der Waals surface area (Å²) in [5.74, 6) is 1.93. The summed E-state index contributed by atoms with van der Waals surface area (Å²) in [5, 5.41) is 2.93. The highest BCUT2D eigenvalue weighted by molar-refractivity contribution is 6.05. The lowest BCUT2D eigenvalue weighted by molar-refractivity contribution is 0.0761. The fraction of sp³-hybridized carbons (Fsp3) is 0.333. The Morgan fingerprint density at radius 1 is 1.00 bits per heavy atom. The van der Waals surface area contributed by atoms with Gasteiger partial charge in [0.2, 0.25) is 0 Å². The van der Waals surface area contributed by atoms with E-state index in [2.05, 4.69) is 17.2 Å². The van der Waals surface area contributed by atoms with Gasteiger partial charge < -0.3 is 19.5 Å². The number of ether oxygens (including phenoxy) is 3. The quantitative estimate of drug-likeness (QED) is 0.379. The van der Waals surface area contributed by atoms with Crippen LogP contribution >= 0.6 is 0 Å². The third-order valence-electron chi connectivity index (χ3n) is 4.96. The van der Waals surface area contributed by atoms with Crippen molar-refractivity contribution in [1.82, 2.24) is 4.98 Å². The highest BCUT2D eigenvalue weighted by Crippen LogP contribution is 2.26. The van der Waals surface area contributed by atoms with Crippen LogP contribution in [-0.2, 0) is 11.2 Å². The summed E-state index contributed by atoms with van der Waals surface area (Å²) in [7, 11) is 0. The number of amides is 1. The smallest absolute Gasteiger partial charge is 0.257 e. The van der Waals surface area contributed by atoms with Gasteiger partial charge in [-0.15, -0.1) is 0 Å². The summed E-state index contributed by atoms with van der Waals surface area (Å²) in [6.45, 7) is 9.26. The monoisotopic (exact) mass is 448 g/mol. The van der Waals surface area contributed by atoms with Crippen molar-refractivity contribution in [3.8, 4) is 17.2 Å². The number of aryl methyl sites for hydroxylation is 1. The Morgan fingerprint density at radius 2 is 1.76 bits per heavy atom. The van der Waals surface area contributed by atoms with Crippen molar-refractivity contribution in [2.45, 2.75) is 46.6 Å². The maximum absolute atomic E-state index is 12.8. The van der Waals surface area contributed by atoms with Crippen LogP contribution in [-0.4, -0.2) is 30.2 Å². The molecule has 0 aliphatic carbocycles. The first-order valence-corrected chi connectivity index (χ1v) is 11.4. The fourth-order valence-electron chi connectivity index (χ4n) is 3.40. The first kappa shape index (κ1) is 24.3. The van der Waals surface area contributed by atoms with Gasteiger partial charge in [0.25, 0.3) is 5.91 Å². The molecule has 0 radical (unpaired) electrons. The molecule has 3 rings (SSSR count). The molecule has 0 spiro atoms. The molecule has 0 aliphatic rings. The van der Waals surface area contributed by atoms with E-state index in [9.17, 15) is 4.79 Å². The minimum Gasteiger partial charge on any atom is -0.494 e. The predicted octanol–water partition coefficient (Wildman–Crippen LogP) is 6.19. The Hall–Kier alpha value is -3.38. The molecule has 1 heterocycles. The zero-order valence-corrected chi connectivity index (χ0v) is 19.8. The molecule has 6 heteroatoms. The number of hydrogen-bond donors (Lipinski definition) is 1. The average Bonchev–Trinajstić information content (AvgIpc) is 2.79. The Morgan fingerprint density at radius 3 is 2.45 bits per heavy atom. The molecule has 0 aliphatic heterocycles. The predicted molar refractivity (Wildman–Crippen MR) is 130 cm³/mol. The second kappa shape index (κ2) is 12.0. The van der Waals surface area contributed by atoms with Gasteiger partial charge in [0, 0.05) is 30.5 Å². The van der Waals surface area contributed by atoms with Crippen LogP contribution in [0.3, 0.4) is 0 Å². The van der Waals surface area contributed by atoms with Crippen molar-refractivity contribution in [2.24, 2.45) is 0 Å². The molecule has 1 N–H and O–H groups in total. The Balaban J connectivity index is 1.63. The Labute approximate surface area is 195 Å². The molecule has 1 unspecified atom stereocenters. The SMILES string of the molecule is CCCOc1ccc(Oc2cccc(NC(=O)c3ccc(CC(C)OCC)nc3C)c2)cc1. The second-order valence-corrected chi connectivity index (χ2v) is 7.81. The van der Waals surface area contributed by atoms with Gasteiger partial charge in [-0.1, -0.05) is 13.0 Å². The minimum absolute atomic E-state index is 0.0874. The van der Waals surface area contributed by atoms with E-state index in [0.717, 1.165) is 17.9 Å². The van der Waals surface area contributed by atoms with E-state index in [-0.39, 0.29) is 12.0 Å². The zero-order valence-electron chi connectivity index (χ0n) is 19.8. The molecular weight excluding hydrogens is 416 g/mol. The number of aromatic nitrogens is 1. The fourth-order valence-corrected chi connectivity index (χ4v) is 3.40. The van der Waals surface area contributed by atoms with Gasteiger partial charge in [-0.2, -0.15) is 0 Å². The molecule has 174 valence electrons. The number of nitrogens with zero attached hydrogens (tertiary/aromatic N) is 1. The Kier molecular flexibility index (Phi) is 8.84. The zero-order chi connectivity index (χ0) is 23.6. The molecule has 2 aromatic carbocycles. The molecule has 0 saturated carbocycles. The maximum Gasteiger partial charge on any atom is 0.257 e. The van der Waals surface area contributed by atoms with Gasteiger partial charge in [-0.3, -0.25) is 9.78 Å². The van der Waals surface area contributed by atoms with E-state index in [1.807, 2.05) is 75.4 Å². The van der Waals surface area contributed by atoms with E-state index >= 15 is 0 Å². The average molecular weight is 449 g/mol. The third-order valence-corrected chi connectivity index (χ3v) is 4.96. The number of carbonyl (C=O) groups excluding carboxylic acids is 1. The van der Waals surface area contributed by atoms with Crippen LogP contribution in [0.2, 0.25) is 0 Å². The van der Waals surface area contributed by atoms with Crippen molar-refractivity contribution in [3.63, 3.8) is 0 Å². The number of benzene rings is 2. The topological polar surface area (TPSA) is 69.7 Å². The van der Waals surface area contributed by atoms with Gasteiger partial charge in [-0.25, -0.2) is 0 Å². The minimum atomic E-state index is -0.209. The van der Waals surface area contributed by atoms with Gasteiger partial charge in [0.15, 0.2) is 0 Å². The molecule has 1 atom stereocenters. The lowest BCUT2D eigenvalue weighted by Gasteiger charge is -2.13. The molecular formula is C27H32N2O4. The largest absolute Gasteiger partial charge is 0.494 e. The summed E-state index contributed by atoms with van der Waals surface area (Å²) < 4.78 is 17.1. The molecule has 6 nitrogen and oxygen atoms in total. The van der Waals surface area contributed by atoms with Crippen LogP contribution in [0.4, 0.5) is 5.69 Å². The van der Waals surface area contributed by atoms with Gasteiger partial charge in [0.1, 0.15) is 17.2 Å². The lowest BCUT2D eigenvalue weighted by atomic mass is 10.1. The van der Waals surface area contributed by atoms with Crippen LogP contribution in [0.1, 0.15) is 48.9 Å². The molecule has 0 saturated heterocycles. The molecule has 0 bridgehead atoms. The second-order valence-electron chi connectivity index (χ2n) is 7.81. The number of hydrogen-bond acceptors (Lipinski definition) is 5. The highest BCUT2D eigenvalue weighted by Gasteiger charge is 2.13. The number of anilines is 1. The maximum atomic E-state index is 12.8. The first-order chi connectivity index (χ1) is 16.0. The third kappa shape index (κ3) is 7.32. The van der Waals surface area contributed by atoms with Gasteiger partial charge in [0.05, 0.1) is 24.0 Å². The molecule has 33 heavy (non-hydrogen) atoms. The van der Waals surface area contributed by atoms with Crippen molar-refractivity contribution in [3.05, 3.63) is 77.6 Å². The summed E-state index contributed by atoms with van der Waals surface area (Å²) in [5.41, 5.74) is 2.78. The summed E-state index contributed by atoms with van der Waals surface area (Å²) in [6, 6.07) is 18.5. The summed E-state index contributed by atoms with van der Waals surface area (Å²) in [4.78, 5) is 17.4. The van der Waals surface area contributed by atoms with Crippen molar-refractivity contribution in [1.29, 1.82) is 0 Å². The summed E-state index contributed by atoms with van der Waals surface area (Å²) >= 11 is 0. The molecule has 1 amide bonds. The number of rotatable bonds is 11. The van der Waals surface area contributed by atoms with E-state index in [4.69, 9.17) is 14.2 Å². The first-order valence-electron chi connectivity index (χ1n) is 11.4. The van der Waals surface area contributed by atoms with Crippen LogP contribution in [0.25, 0.3) is 0 Å². The number of nitrogens with one attached hydrogen (secondary N) is 1. The van der Waals surface area contributed by atoms with E-state index in [0.29, 0.717) is 48.1 Å². The van der Waals surface area contributed by atoms with E-state index < -0.39 is 0 Å². The molecule has 3 aromatic rings.